The standard InChI is InChI=1S/C19H22N2O6/c1-6-27-19(23)16-12(3)20(4)11(2)15(18(22)26-5)17(16)13-8-7-9-14(10-13)21(24)25/h7-10,17H,6H2,1-5H3. The maximum atomic E-state index is 12.7. The number of carbonyl (C=O) groups excluding carboxylic acids is 2. The summed E-state index contributed by atoms with van der Waals surface area (Å²) in [6.07, 6.45) is 0. The Morgan fingerprint density at radius 3 is 2.30 bits per heavy atom. The summed E-state index contributed by atoms with van der Waals surface area (Å²) in [7, 11) is 2.98. The van der Waals surface area contributed by atoms with Crippen molar-refractivity contribution in [1.82, 2.24) is 4.90 Å². The molecule has 0 N–H and O–H groups in total. The first kappa shape index (κ1) is 20.2. The third kappa shape index (κ3) is 3.69. The van der Waals surface area contributed by atoms with Crippen LogP contribution in [0.2, 0.25) is 0 Å². The number of nitro benzene ring substituents is 1. The van der Waals surface area contributed by atoms with Crippen molar-refractivity contribution in [3.8, 4) is 0 Å². The highest BCUT2D eigenvalue weighted by molar-refractivity contribution is 5.99. The van der Waals surface area contributed by atoms with Crippen molar-refractivity contribution in [2.45, 2.75) is 26.7 Å². The summed E-state index contributed by atoms with van der Waals surface area (Å²) in [5.74, 6) is -2.01. The molecule has 1 aromatic carbocycles. The zero-order valence-corrected chi connectivity index (χ0v) is 15.9. The highest BCUT2D eigenvalue weighted by atomic mass is 16.6. The average molecular weight is 374 g/mol. The van der Waals surface area contributed by atoms with E-state index in [1.807, 2.05) is 0 Å². The lowest BCUT2D eigenvalue weighted by Gasteiger charge is -2.35. The summed E-state index contributed by atoms with van der Waals surface area (Å²) in [4.78, 5) is 37.6. The Morgan fingerprint density at radius 1 is 1.19 bits per heavy atom. The molecule has 27 heavy (non-hydrogen) atoms. The molecule has 1 atom stereocenters. The van der Waals surface area contributed by atoms with Crippen LogP contribution < -0.4 is 0 Å². The minimum Gasteiger partial charge on any atom is -0.466 e. The van der Waals surface area contributed by atoms with Crippen molar-refractivity contribution >= 4 is 17.6 Å². The van der Waals surface area contributed by atoms with E-state index in [0.29, 0.717) is 17.0 Å². The first-order valence-corrected chi connectivity index (χ1v) is 8.39. The molecule has 2 rings (SSSR count). The Bertz CT molecular complexity index is 856. The van der Waals surface area contributed by atoms with Gasteiger partial charge in [0.2, 0.25) is 0 Å². The second kappa shape index (κ2) is 8.03. The zero-order chi connectivity index (χ0) is 20.3. The molecule has 1 aromatic rings. The molecule has 0 aliphatic carbocycles. The molecular weight excluding hydrogens is 352 g/mol. The first-order valence-electron chi connectivity index (χ1n) is 8.39. The molecule has 8 heteroatoms. The van der Waals surface area contributed by atoms with Gasteiger partial charge in [-0.3, -0.25) is 10.1 Å². The summed E-state index contributed by atoms with van der Waals surface area (Å²) < 4.78 is 10.1. The summed E-state index contributed by atoms with van der Waals surface area (Å²) >= 11 is 0. The monoisotopic (exact) mass is 374 g/mol. The SMILES string of the molecule is CCOC(=O)C1=C(C)N(C)C(C)=C(C(=O)OC)C1c1cccc([N+](=O)[O-])c1. The van der Waals surface area contributed by atoms with E-state index in [9.17, 15) is 19.7 Å². The molecule has 0 aromatic heterocycles. The van der Waals surface area contributed by atoms with Crippen LogP contribution >= 0.6 is 0 Å². The molecular formula is C19H22N2O6. The molecule has 0 bridgehead atoms. The van der Waals surface area contributed by atoms with Gasteiger partial charge in [0.25, 0.3) is 5.69 Å². The van der Waals surface area contributed by atoms with Gasteiger partial charge in [-0.25, -0.2) is 9.59 Å². The summed E-state index contributed by atoms with van der Waals surface area (Å²) in [6, 6.07) is 5.88. The Labute approximate surface area is 157 Å². The minimum atomic E-state index is -0.826. The number of nitro groups is 1. The number of ether oxygens (including phenoxy) is 2. The maximum absolute atomic E-state index is 12.7. The van der Waals surface area contributed by atoms with Crippen LogP contribution in [-0.2, 0) is 19.1 Å². The van der Waals surface area contributed by atoms with E-state index in [1.54, 1.807) is 38.8 Å². The van der Waals surface area contributed by atoms with Gasteiger partial charge in [-0.15, -0.1) is 0 Å². The average Bonchev–Trinajstić information content (AvgIpc) is 2.65. The summed E-state index contributed by atoms with van der Waals surface area (Å²) in [5.41, 5.74) is 2.02. The van der Waals surface area contributed by atoms with Crippen LogP contribution in [0.3, 0.4) is 0 Å². The number of benzene rings is 1. The van der Waals surface area contributed by atoms with E-state index in [-0.39, 0.29) is 23.4 Å². The van der Waals surface area contributed by atoms with E-state index >= 15 is 0 Å². The van der Waals surface area contributed by atoms with Crippen molar-refractivity contribution in [1.29, 1.82) is 0 Å². The van der Waals surface area contributed by atoms with E-state index in [4.69, 9.17) is 9.47 Å². The van der Waals surface area contributed by atoms with Crippen LogP contribution in [0.5, 0.6) is 0 Å². The Morgan fingerprint density at radius 2 is 1.78 bits per heavy atom. The van der Waals surface area contributed by atoms with Gasteiger partial charge in [0.1, 0.15) is 0 Å². The maximum Gasteiger partial charge on any atom is 0.336 e. The van der Waals surface area contributed by atoms with Crippen LogP contribution in [-0.4, -0.2) is 42.5 Å². The molecule has 1 aliphatic heterocycles. The number of nitrogens with zero attached hydrogens (tertiary/aromatic N) is 2. The predicted molar refractivity (Wildman–Crippen MR) is 97.6 cm³/mol. The van der Waals surface area contributed by atoms with Gasteiger partial charge in [0, 0.05) is 30.6 Å². The summed E-state index contributed by atoms with van der Waals surface area (Å²) in [5, 5.41) is 11.2. The van der Waals surface area contributed by atoms with E-state index in [1.165, 1.54) is 25.3 Å². The van der Waals surface area contributed by atoms with Gasteiger partial charge < -0.3 is 14.4 Å². The number of hydrogen-bond acceptors (Lipinski definition) is 7. The minimum absolute atomic E-state index is 0.130. The lowest BCUT2D eigenvalue weighted by atomic mass is 9.79. The predicted octanol–water partition coefficient (Wildman–Crippen LogP) is 2.91. The fraction of sp³-hybridized carbons (Fsp3) is 0.368. The molecule has 0 saturated heterocycles. The zero-order valence-electron chi connectivity index (χ0n) is 15.9. The quantitative estimate of drug-likeness (QED) is 0.444. The topological polar surface area (TPSA) is 99.0 Å². The normalized spacial score (nSPS) is 17.1. The fourth-order valence-electron chi connectivity index (χ4n) is 3.18. The van der Waals surface area contributed by atoms with Gasteiger partial charge >= 0.3 is 11.9 Å². The van der Waals surface area contributed by atoms with Gasteiger partial charge in [0.05, 0.1) is 35.7 Å². The van der Waals surface area contributed by atoms with Gasteiger partial charge in [0.15, 0.2) is 0 Å². The van der Waals surface area contributed by atoms with E-state index < -0.39 is 22.8 Å². The Hall–Kier alpha value is -3.16. The smallest absolute Gasteiger partial charge is 0.336 e. The molecule has 1 unspecified atom stereocenters. The molecule has 8 nitrogen and oxygen atoms in total. The molecule has 0 amide bonds. The summed E-state index contributed by atoms with van der Waals surface area (Å²) in [6.45, 7) is 5.33. The van der Waals surface area contributed by atoms with Crippen molar-refractivity contribution in [3.05, 3.63) is 62.5 Å². The van der Waals surface area contributed by atoms with Crippen LogP contribution in [0.15, 0.2) is 46.8 Å². The number of hydrogen-bond donors (Lipinski definition) is 0. The van der Waals surface area contributed by atoms with Gasteiger partial charge in [-0.2, -0.15) is 0 Å². The van der Waals surface area contributed by atoms with Crippen molar-refractivity contribution in [2.75, 3.05) is 20.8 Å². The van der Waals surface area contributed by atoms with Gasteiger partial charge in [-0.1, -0.05) is 12.1 Å². The van der Waals surface area contributed by atoms with Crippen LogP contribution in [0.25, 0.3) is 0 Å². The van der Waals surface area contributed by atoms with Crippen molar-refractivity contribution in [3.63, 3.8) is 0 Å². The number of allylic oxidation sites excluding steroid dienone is 2. The lowest BCUT2D eigenvalue weighted by molar-refractivity contribution is -0.384. The van der Waals surface area contributed by atoms with E-state index in [2.05, 4.69) is 0 Å². The Kier molecular flexibility index (Phi) is 5.99. The van der Waals surface area contributed by atoms with Crippen LogP contribution in [0.4, 0.5) is 5.69 Å². The highest BCUT2D eigenvalue weighted by Crippen LogP contribution is 2.42. The fourth-order valence-corrected chi connectivity index (χ4v) is 3.18. The third-order valence-corrected chi connectivity index (χ3v) is 4.68. The Balaban J connectivity index is 2.77. The molecule has 144 valence electrons. The molecule has 0 fully saturated rings. The first-order chi connectivity index (χ1) is 12.7. The lowest BCUT2D eigenvalue weighted by Crippen LogP contribution is -2.33. The van der Waals surface area contributed by atoms with Crippen molar-refractivity contribution < 1.29 is 24.0 Å². The number of non-ortho nitro benzene ring substituents is 1. The molecule has 0 spiro atoms. The second-order valence-electron chi connectivity index (χ2n) is 6.05. The number of rotatable bonds is 5. The van der Waals surface area contributed by atoms with E-state index in [0.717, 1.165) is 0 Å². The van der Waals surface area contributed by atoms with Crippen molar-refractivity contribution in [2.24, 2.45) is 0 Å². The molecule has 1 aliphatic rings. The molecule has 0 radical (unpaired) electrons. The molecule has 0 saturated carbocycles. The third-order valence-electron chi connectivity index (χ3n) is 4.68. The van der Waals surface area contributed by atoms with Crippen LogP contribution in [0.1, 0.15) is 32.3 Å². The largest absolute Gasteiger partial charge is 0.466 e. The second-order valence-corrected chi connectivity index (χ2v) is 6.05. The van der Waals surface area contributed by atoms with Crippen LogP contribution in [0, 0.1) is 10.1 Å². The highest BCUT2D eigenvalue weighted by Gasteiger charge is 2.39. The van der Waals surface area contributed by atoms with Gasteiger partial charge in [-0.05, 0) is 26.3 Å². The molecule has 1 heterocycles. The number of carbonyl (C=O) groups is 2. The number of esters is 2. The number of methoxy groups -OCH3 is 1.